The maximum Gasteiger partial charge on any atom is 0.335 e. The van der Waals surface area contributed by atoms with Crippen molar-refractivity contribution in [1.82, 2.24) is 14.8 Å². The third-order valence-corrected chi connectivity index (χ3v) is 3.20. The number of carboxylic acids is 1. The Balaban J connectivity index is 1.99. The van der Waals surface area contributed by atoms with Crippen LogP contribution in [0.25, 0.3) is 11.4 Å². The molecule has 1 aromatic carbocycles. The molecule has 0 spiro atoms. The molecule has 1 atom stereocenters. The molecule has 19 heavy (non-hydrogen) atoms. The van der Waals surface area contributed by atoms with Gasteiger partial charge in [0, 0.05) is 12.0 Å². The molecular formula is C13H13N3O3. The maximum absolute atomic E-state index is 10.9. The summed E-state index contributed by atoms with van der Waals surface area (Å²) in [4.78, 5) is 15.3. The molecular weight excluding hydrogens is 246 g/mol. The van der Waals surface area contributed by atoms with Crippen LogP contribution in [-0.2, 0) is 13.0 Å². The van der Waals surface area contributed by atoms with E-state index in [9.17, 15) is 9.90 Å². The van der Waals surface area contributed by atoms with Gasteiger partial charge in [0.25, 0.3) is 0 Å². The topological polar surface area (TPSA) is 88.2 Å². The van der Waals surface area contributed by atoms with Gasteiger partial charge in [-0.2, -0.15) is 5.10 Å². The minimum absolute atomic E-state index is 0.213. The molecule has 2 heterocycles. The molecule has 2 N–H and O–H groups in total. The summed E-state index contributed by atoms with van der Waals surface area (Å²) < 4.78 is 1.69. The number of aliphatic hydroxyl groups is 1. The normalized spacial score (nSPS) is 18.1. The molecule has 0 radical (unpaired) electrons. The highest BCUT2D eigenvalue weighted by Gasteiger charge is 2.20. The van der Waals surface area contributed by atoms with Crippen molar-refractivity contribution in [2.45, 2.75) is 25.5 Å². The Labute approximate surface area is 109 Å². The number of fused-ring (bicyclic) bond motifs is 1. The quantitative estimate of drug-likeness (QED) is 0.838. The zero-order chi connectivity index (χ0) is 13.4. The second kappa shape index (κ2) is 4.47. The van der Waals surface area contributed by atoms with E-state index in [-0.39, 0.29) is 11.7 Å². The number of aromatic nitrogens is 3. The van der Waals surface area contributed by atoms with E-state index in [0.717, 1.165) is 5.82 Å². The molecule has 0 fully saturated rings. The summed E-state index contributed by atoms with van der Waals surface area (Å²) in [6.07, 6.45) is 0.993. The lowest BCUT2D eigenvalue weighted by Crippen LogP contribution is -2.25. The van der Waals surface area contributed by atoms with Gasteiger partial charge in [0.1, 0.15) is 5.82 Å². The first kappa shape index (κ1) is 11.9. The van der Waals surface area contributed by atoms with Gasteiger partial charge in [-0.15, -0.1) is 0 Å². The Bertz CT molecular complexity index is 636. The van der Waals surface area contributed by atoms with Crippen molar-refractivity contribution < 1.29 is 15.0 Å². The molecule has 1 aliphatic rings. The number of aromatic carboxylic acids is 1. The Morgan fingerprint density at radius 3 is 3.05 bits per heavy atom. The number of aryl methyl sites for hydroxylation is 1. The van der Waals surface area contributed by atoms with Crippen molar-refractivity contribution in [2.24, 2.45) is 0 Å². The molecule has 98 valence electrons. The number of carboxylic acid groups (broad SMARTS) is 1. The van der Waals surface area contributed by atoms with E-state index in [1.807, 2.05) is 0 Å². The summed E-state index contributed by atoms with van der Waals surface area (Å²) in [7, 11) is 0. The number of aliphatic hydroxyl groups excluding tert-OH is 1. The number of carbonyl (C=O) groups is 1. The van der Waals surface area contributed by atoms with Crippen LogP contribution in [0.5, 0.6) is 0 Å². The first-order valence-corrected chi connectivity index (χ1v) is 6.09. The lowest BCUT2D eigenvalue weighted by Gasteiger charge is -2.16. The van der Waals surface area contributed by atoms with Crippen molar-refractivity contribution in [1.29, 1.82) is 0 Å². The summed E-state index contributed by atoms with van der Waals surface area (Å²) in [6.45, 7) is 0.445. The third kappa shape index (κ3) is 2.22. The zero-order valence-corrected chi connectivity index (χ0v) is 10.2. The predicted molar refractivity (Wildman–Crippen MR) is 66.7 cm³/mol. The van der Waals surface area contributed by atoms with Crippen molar-refractivity contribution in [3.8, 4) is 11.4 Å². The highest BCUT2D eigenvalue weighted by molar-refractivity contribution is 5.89. The average Bonchev–Trinajstić information content (AvgIpc) is 2.81. The summed E-state index contributed by atoms with van der Waals surface area (Å²) >= 11 is 0. The van der Waals surface area contributed by atoms with Gasteiger partial charge in [-0.25, -0.2) is 14.5 Å². The summed E-state index contributed by atoms with van der Waals surface area (Å²) in [5.74, 6) is 0.370. The van der Waals surface area contributed by atoms with Gasteiger partial charge in [0.05, 0.1) is 18.2 Å². The molecule has 0 saturated heterocycles. The number of hydrogen-bond acceptors (Lipinski definition) is 4. The van der Waals surface area contributed by atoms with Crippen LogP contribution in [-0.4, -0.2) is 37.1 Å². The van der Waals surface area contributed by atoms with Gasteiger partial charge in [-0.05, 0) is 18.6 Å². The van der Waals surface area contributed by atoms with Crippen molar-refractivity contribution >= 4 is 5.97 Å². The summed E-state index contributed by atoms with van der Waals surface area (Å²) in [6, 6.07) is 6.55. The fourth-order valence-corrected chi connectivity index (χ4v) is 2.21. The standard InChI is InChI=1S/C13H13N3O3/c17-10-4-5-11-14-12(15-16(11)7-10)8-2-1-3-9(6-8)13(18)19/h1-3,6,10,17H,4-5,7H2,(H,18,19). The number of nitrogens with zero attached hydrogens (tertiary/aromatic N) is 3. The van der Waals surface area contributed by atoms with Crippen LogP contribution in [0, 0.1) is 0 Å². The maximum atomic E-state index is 10.9. The van der Waals surface area contributed by atoms with Gasteiger partial charge in [0.2, 0.25) is 0 Å². The van der Waals surface area contributed by atoms with Crippen LogP contribution in [0.2, 0.25) is 0 Å². The summed E-state index contributed by atoms with van der Waals surface area (Å²) in [5.41, 5.74) is 0.890. The Morgan fingerprint density at radius 1 is 1.42 bits per heavy atom. The van der Waals surface area contributed by atoms with Crippen molar-refractivity contribution in [2.75, 3.05) is 0 Å². The average molecular weight is 259 g/mol. The Morgan fingerprint density at radius 2 is 2.26 bits per heavy atom. The second-order valence-corrected chi connectivity index (χ2v) is 4.61. The minimum atomic E-state index is -0.971. The van der Waals surface area contributed by atoms with Crippen LogP contribution in [0.15, 0.2) is 24.3 Å². The van der Waals surface area contributed by atoms with E-state index in [2.05, 4.69) is 10.1 Å². The van der Waals surface area contributed by atoms with E-state index in [1.165, 1.54) is 6.07 Å². The molecule has 6 nitrogen and oxygen atoms in total. The molecule has 2 aromatic rings. The SMILES string of the molecule is O=C(O)c1cccc(-c2nc3n(n2)CC(O)CC3)c1. The van der Waals surface area contributed by atoms with Crippen LogP contribution in [0.1, 0.15) is 22.6 Å². The van der Waals surface area contributed by atoms with Crippen molar-refractivity contribution in [3.05, 3.63) is 35.7 Å². The predicted octanol–water partition coefficient (Wildman–Crippen LogP) is 0.950. The third-order valence-electron chi connectivity index (χ3n) is 3.20. The highest BCUT2D eigenvalue weighted by Crippen LogP contribution is 2.20. The van der Waals surface area contributed by atoms with Crippen LogP contribution in [0.3, 0.4) is 0 Å². The van der Waals surface area contributed by atoms with Gasteiger partial charge < -0.3 is 10.2 Å². The van der Waals surface area contributed by atoms with Gasteiger partial charge >= 0.3 is 5.97 Å². The summed E-state index contributed by atoms with van der Waals surface area (Å²) in [5, 5.41) is 22.9. The van der Waals surface area contributed by atoms with E-state index in [4.69, 9.17) is 5.11 Å². The van der Waals surface area contributed by atoms with Gasteiger partial charge in [-0.3, -0.25) is 0 Å². The Hall–Kier alpha value is -2.21. The van der Waals surface area contributed by atoms with Crippen LogP contribution < -0.4 is 0 Å². The van der Waals surface area contributed by atoms with E-state index in [1.54, 1.807) is 22.9 Å². The number of hydrogen-bond donors (Lipinski definition) is 2. The van der Waals surface area contributed by atoms with Crippen molar-refractivity contribution in [3.63, 3.8) is 0 Å². The lowest BCUT2D eigenvalue weighted by atomic mass is 10.1. The molecule has 0 saturated carbocycles. The number of rotatable bonds is 2. The zero-order valence-electron chi connectivity index (χ0n) is 10.2. The molecule has 1 unspecified atom stereocenters. The number of benzene rings is 1. The first-order valence-electron chi connectivity index (χ1n) is 6.09. The molecule has 1 aromatic heterocycles. The van der Waals surface area contributed by atoms with Crippen LogP contribution >= 0.6 is 0 Å². The molecule has 0 aliphatic carbocycles. The molecule has 0 bridgehead atoms. The molecule has 0 amide bonds. The van der Waals surface area contributed by atoms with E-state index < -0.39 is 5.97 Å². The van der Waals surface area contributed by atoms with Gasteiger partial charge in [0.15, 0.2) is 5.82 Å². The van der Waals surface area contributed by atoms with Crippen LogP contribution in [0.4, 0.5) is 0 Å². The minimum Gasteiger partial charge on any atom is -0.478 e. The fourth-order valence-electron chi connectivity index (χ4n) is 2.21. The fraction of sp³-hybridized carbons (Fsp3) is 0.308. The molecule has 6 heteroatoms. The highest BCUT2D eigenvalue weighted by atomic mass is 16.4. The van der Waals surface area contributed by atoms with E-state index in [0.29, 0.717) is 30.8 Å². The smallest absolute Gasteiger partial charge is 0.335 e. The van der Waals surface area contributed by atoms with Gasteiger partial charge in [-0.1, -0.05) is 12.1 Å². The first-order chi connectivity index (χ1) is 9.13. The second-order valence-electron chi connectivity index (χ2n) is 4.61. The molecule has 1 aliphatic heterocycles. The van der Waals surface area contributed by atoms with E-state index >= 15 is 0 Å². The monoisotopic (exact) mass is 259 g/mol. The largest absolute Gasteiger partial charge is 0.478 e. The molecule has 3 rings (SSSR count). The Kier molecular flexibility index (Phi) is 2.79. The lowest BCUT2D eigenvalue weighted by molar-refractivity contribution is 0.0697.